The standard InChI is InChI=1S/C15H12ClF4N/c16-10-3-1-2-9(6-10)7-14(21)12-8-11(17)4-5-13(12)15(18,19)20/h1-6,8,14H,7,21H2. The predicted octanol–water partition coefficient (Wildman–Crippen LogP) is 4.74. The van der Waals surface area contributed by atoms with E-state index in [2.05, 4.69) is 0 Å². The van der Waals surface area contributed by atoms with Crippen LogP contribution in [0.1, 0.15) is 22.7 Å². The van der Waals surface area contributed by atoms with Gasteiger partial charge in [-0.1, -0.05) is 23.7 Å². The first kappa shape index (κ1) is 15.8. The first-order valence-corrected chi connectivity index (χ1v) is 6.52. The fourth-order valence-electron chi connectivity index (χ4n) is 2.13. The molecule has 0 aliphatic heterocycles. The van der Waals surface area contributed by atoms with Crippen molar-refractivity contribution in [3.63, 3.8) is 0 Å². The van der Waals surface area contributed by atoms with Crippen LogP contribution in [0.3, 0.4) is 0 Å². The normalized spacial score (nSPS) is 13.2. The van der Waals surface area contributed by atoms with Gasteiger partial charge in [0.1, 0.15) is 5.82 Å². The Morgan fingerprint density at radius 2 is 1.81 bits per heavy atom. The van der Waals surface area contributed by atoms with Crippen LogP contribution in [-0.2, 0) is 12.6 Å². The summed E-state index contributed by atoms with van der Waals surface area (Å²) < 4.78 is 52.1. The van der Waals surface area contributed by atoms with E-state index in [9.17, 15) is 17.6 Å². The lowest BCUT2D eigenvalue weighted by Crippen LogP contribution is -2.19. The molecule has 0 heterocycles. The number of halogens is 5. The third-order valence-corrected chi connectivity index (χ3v) is 3.30. The van der Waals surface area contributed by atoms with Gasteiger partial charge in [0.15, 0.2) is 0 Å². The molecule has 0 fully saturated rings. The van der Waals surface area contributed by atoms with Crippen LogP contribution in [-0.4, -0.2) is 0 Å². The molecule has 112 valence electrons. The topological polar surface area (TPSA) is 26.0 Å². The van der Waals surface area contributed by atoms with Crippen LogP contribution in [0.5, 0.6) is 0 Å². The maximum Gasteiger partial charge on any atom is 0.416 e. The van der Waals surface area contributed by atoms with Gasteiger partial charge < -0.3 is 5.73 Å². The molecule has 1 atom stereocenters. The van der Waals surface area contributed by atoms with E-state index >= 15 is 0 Å². The van der Waals surface area contributed by atoms with E-state index in [-0.39, 0.29) is 12.0 Å². The van der Waals surface area contributed by atoms with Crippen molar-refractivity contribution in [2.45, 2.75) is 18.6 Å². The quantitative estimate of drug-likeness (QED) is 0.813. The van der Waals surface area contributed by atoms with Gasteiger partial charge in [0.05, 0.1) is 5.56 Å². The van der Waals surface area contributed by atoms with E-state index in [0.29, 0.717) is 16.7 Å². The Labute approximate surface area is 124 Å². The molecule has 0 aromatic heterocycles. The van der Waals surface area contributed by atoms with Crippen LogP contribution < -0.4 is 5.73 Å². The summed E-state index contributed by atoms with van der Waals surface area (Å²) in [5.41, 5.74) is 5.34. The molecular formula is C15H12ClF4N. The monoisotopic (exact) mass is 317 g/mol. The third kappa shape index (κ3) is 3.95. The molecule has 2 aromatic rings. The molecule has 0 saturated heterocycles. The van der Waals surface area contributed by atoms with Crippen molar-refractivity contribution >= 4 is 11.6 Å². The first-order valence-electron chi connectivity index (χ1n) is 6.14. The maximum absolute atomic E-state index is 13.3. The number of benzene rings is 2. The van der Waals surface area contributed by atoms with E-state index < -0.39 is 23.6 Å². The minimum Gasteiger partial charge on any atom is -0.324 e. The largest absolute Gasteiger partial charge is 0.416 e. The number of alkyl halides is 3. The van der Waals surface area contributed by atoms with Gasteiger partial charge in [-0.25, -0.2) is 4.39 Å². The summed E-state index contributed by atoms with van der Waals surface area (Å²) in [5.74, 6) is -0.750. The van der Waals surface area contributed by atoms with Gasteiger partial charge >= 0.3 is 6.18 Å². The summed E-state index contributed by atoms with van der Waals surface area (Å²) in [6, 6.07) is 8.00. The molecule has 0 aliphatic rings. The second-order valence-corrected chi connectivity index (χ2v) is 5.11. The fourth-order valence-corrected chi connectivity index (χ4v) is 2.34. The van der Waals surface area contributed by atoms with Gasteiger partial charge in [-0.2, -0.15) is 13.2 Å². The zero-order chi connectivity index (χ0) is 15.6. The summed E-state index contributed by atoms with van der Waals surface area (Å²) in [7, 11) is 0. The summed E-state index contributed by atoms with van der Waals surface area (Å²) >= 11 is 5.82. The Balaban J connectivity index is 2.34. The molecule has 0 radical (unpaired) electrons. The van der Waals surface area contributed by atoms with Crippen LogP contribution in [0, 0.1) is 5.82 Å². The van der Waals surface area contributed by atoms with Crippen LogP contribution in [0.2, 0.25) is 5.02 Å². The Morgan fingerprint density at radius 3 is 2.43 bits per heavy atom. The number of hydrogen-bond donors (Lipinski definition) is 1. The van der Waals surface area contributed by atoms with Gasteiger partial charge in [-0.05, 0) is 47.9 Å². The smallest absolute Gasteiger partial charge is 0.324 e. The van der Waals surface area contributed by atoms with Crippen LogP contribution >= 0.6 is 11.6 Å². The molecule has 2 aromatic carbocycles. The van der Waals surface area contributed by atoms with E-state index in [1.807, 2.05) is 0 Å². The lowest BCUT2D eigenvalue weighted by Gasteiger charge is -2.18. The number of nitrogens with two attached hydrogens (primary N) is 1. The highest BCUT2D eigenvalue weighted by molar-refractivity contribution is 6.30. The zero-order valence-electron chi connectivity index (χ0n) is 10.8. The summed E-state index contributed by atoms with van der Waals surface area (Å²) in [6.07, 6.45) is -4.44. The van der Waals surface area contributed by atoms with Crippen LogP contribution in [0.15, 0.2) is 42.5 Å². The maximum atomic E-state index is 13.3. The Morgan fingerprint density at radius 1 is 1.10 bits per heavy atom. The molecule has 0 spiro atoms. The molecule has 0 bridgehead atoms. The average Bonchev–Trinajstić information content (AvgIpc) is 2.37. The van der Waals surface area contributed by atoms with Gasteiger partial charge in [0.2, 0.25) is 0 Å². The summed E-state index contributed by atoms with van der Waals surface area (Å²) in [6.45, 7) is 0. The summed E-state index contributed by atoms with van der Waals surface area (Å²) in [5, 5.41) is 0.468. The predicted molar refractivity (Wildman–Crippen MR) is 73.5 cm³/mol. The van der Waals surface area contributed by atoms with Gasteiger partial charge in [-0.3, -0.25) is 0 Å². The first-order chi connectivity index (χ1) is 9.77. The molecular weight excluding hydrogens is 306 g/mol. The summed E-state index contributed by atoms with van der Waals surface area (Å²) in [4.78, 5) is 0. The van der Waals surface area contributed by atoms with Crippen LogP contribution in [0.25, 0.3) is 0 Å². The van der Waals surface area contributed by atoms with Crippen molar-refractivity contribution in [3.8, 4) is 0 Å². The average molecular weight is 318 g/mol. The Bertz CT molecular complexity index is 640. The molecule has 2 N–H and O–H groups in total. The van der Waals surface area contributed by atoms with Crippen molar-refractivity contribution in [3.05, 3.63) is 70.0 Å². The molecule has 0 aliphatic carbocycles. The molecule has 2 rings (SSSR count). The van der Waals surface area contributed by atoms with E-state index in [1.165, 1.54) is 0 Å². The Kier molecular flexibility index (Phi) is 4.54. The van der Waals surface area contributed by atoms with Gasteiger partial charge in [-0.15, -0.1) is 0 Å². The van der Waals surface area contributed by atoms with Crippen molar-refractivity contribution in [1.29, 1.82) is 0 Å². The third-order valence-electron chi connectivity index (χ3n) is 3.06. The lowest BCUT2D eigenvalue weighted by atomic mass is 9.95. The molecule has 0 amide bonds. The SMILES string of the molecule is NC(Cc1cccc(Cl)c1)c1cc(F)ccc1C(F)(F)F. The molecule has 6 heteroatoms. The van der Waals surface area contributed by atoms with Gasteiger partial charge in [0.25, 0.3) is 0 Å². The molecule has 21 heavy (non-hydrogen) atoms. The fraction of sp³-hybridized carbons (Fsp3) is 0.200. The number of hydrogen-bond acceptors (Lipinski definition) is 1. The highest BCUT2D eigenvalue weighted by atomic mass is 35.5. The second kappa shape index (κ2) is 6.03. The van der Waals surface area contributed by atoms with Crippen molar-refractivity contribution in [2.75, 3.05) is 0 Å². The second-order valence-electron chi connectivity index (χ2n) is 4.67. The van der Waals surface area contributed by atoms with Crippen molar-refractivity contribution in [1.82, 2.24) is 0 Å². The zero-order valence-corrected chi connectivity index (χ0v) is 11.5. The van der Waals surface area contributed by atoms with Crippen molar-refractivity contribution < 1.29 is 17.6 Å². The minimum atomic E-state index is -4.57. The molecule has 0 saturated carbocycles. The Hall–Kier alpha value is -1.59. The van der Waals surface area contributed by atoms with E-state index in [0.717, 1.165) is 12.1 Å². The number of rotatable bonds is 3. The highest BCUT2D eigenvalue weighted by Gasteiger charge is 2.34. The van der Waals surface area contributed by atoms with E-state index in [4.69, 9.17) is 17.3 Å². The lowest BCUT2D eigenvalue weighted by molar-refractivity contribution is -0.138. The van der Waals surface area contributed by atoms with Gasteiger partial charge in [0, 0.05) is 11.1 Å². The van der Waals surface area contributed by atoms with Crippen LogP contribution in [0.4, 0.5) is 17.6 Å². The van der Waals surface area contributed by atoms with E-state index in [1.54, 1.807) is 24.3 Å². The minimum absolute atomic E-state index is 0.132. The van der Waals surface area contributed by atoms with Crippen molar-refractivity contribution in [2.24, 2.45) is 5.73 Å². The highest BCUT2D eigenvalue weighted by Crippen LogP contribution is 2.35. The molecule has 1 nitrogen and oxygen atoms in total. The molecule has 1 unspecified atom stereocenters.